The Bertz CT molecular complexity index is 1150. The predicted octanol–water partition coefficient (Wildman–Crippen LogP) is 4.31. The molecule has 8 heteroatoms. The van der Waals surface area contributed by atoms with Crippen molar-refractivity contribution in [1.29, 1.82) is 0 Å². The lowest BCUT2D eigenvalue weighted by Crippen LogP contribution is -2.48. The quantitative estimate of drug-likeness (QED) is 0.488. The molecule has 2 aliphatic rings. The Morgan fingerprint density at radius 1 is 1.00 bits per heavy atom. The molecule has 5 rings (SSSR count). The summed E-state index contributed by atoms with van der Waals surface area (Å²) in [7, 11) is 0. The van der Waals surface area contributed by atoms with Crippen LogP contribution in [0.5, 0.6) is 11.5 Å². The van der Waals surface area contributed by atoms with Crippen LogP contribution in [0.1, 0.15) is 32.9 Å². The monoisotopic (exact) mass is 479 g/mol. The third kappa shape index (κ3) is 4.93. The second-order valence-electron chi connectivity index (χ2n) is 8.63. The molecular weight excluding hydrogens is 450 g/mol. The molecule has 0 unspecified atom stereocenters. The number of hydrogen-bond acceptors (Lipinski definition) is 7. The molecular formula is C26H29N3O4S. The average molecular weight is 480 g/mol. The molecule has 0 bridgehead atoms. The first-order chi connectivity index (χ1) is 16.6. The molecule has 0 aliphatic carbocycles. The molecule has 0 radical (unpaired) electrons. The predicted molar refractivity (Wildman–Crippen MR) is 131 cm³/mol. The first-order valence-corrected chi connectivity index (χ1v) is 12.6. The number of thioether (sulfide) groups is 1. The van der Waals surface area contributed by atoms with E-state index in [4.69, 9.17) is 14.0 Å². The summed E-state index contributed by atoms with van der Waals surface area (Å²) in [6.07, 6.45) is 0. The van der Waals surface area contributed by atoms with E-state index in [9.17, 15) is 4.79 Å². The van der Waals surface area contributed by atoms with E-state index in [1.54, 1.807) is 11.8 Å². The second kappa shape index (κ2) is 10.1. The zero-order chi connectivity index (χ0) is 23.5. The number of amides is 1. The molecule has 3 aromatic rings. The van der Waals surface area contributed by atoms with Gasteiger partial charge in [-0.1, -0.05) is 23.4 Å². The van der Waals surface area contributed by atoms with Gasteiger partial charge in [-0.15, -0.1) is 11.8 Å². The normalized spacial score (nSPS) is 16.0. The molecule has 0 atom stereocenters. The molecule has 1 amide bonds. The van der Waals surface area contributed by atoms with Gasteiger partial charge in [-0.3, -0.25) is 9.69 Å². The van der Waals surface area contributed by atoms with E-state index in [1.807, 2.05) is 49.1 Å². The van der Waals surface area contributed by atoms with Crippen molar-refractivity contribution >= 4 is 17.7 Å². The van der Waals surface area contributed by atoms with Gasteiger partial charge in [0.1, 0.15) is 19.0 Å². The Balaban J connectivity index is 1.19. The Kier molecular flexibility index (Phi) is 6.78. The topological polar surface area (TPSA) is 68.0 Å². The van der Waals surface area contributed by atoms with Crippen LogP contribution in [0.3, 0.4) is 0 Å². The summed E-state index contributed by atoms with van der Waals surface area (Å²) >= 11 is 1.66. The van der Waals surface area contributed by atoms with E-state index in [-0.39, 0.29) is 5.91 Å². The number of hydrogen-bond donors (Lipinski definition) is 0. The van der Waals surface area contributed by atoms with Gasteiger partial charge in [0.2, 0.25) is 0 Å². The van der Waals surface area contributed by atoms with Crippen LogP contribution in [0.15, 0.2) is 51.9 Å². The molecule has 0 N–H and O–H groups in total. The minimum atomic E-state index is 0.0980. The fourth-order valence-corrected chi connectivity index (χ4v) is 5.55. The van der Waals surface area contributed by atoms with Crippen LogP contribution in [0.2, 0.25) is 0 Å². The summed E-state index contributed by atoms with van der Waals surface area (Å²) < 4.78 is 16.6. The molecule has 2 aromatic carbocycles. The van der Waals surface area contributed by atoms with Crippen molar-refractivity contribution in [1.82, 2.24) is 15.0 Å². The number of aromatic nitrogens is 1. The molecule has 3 heterocycles. The van der Waals surface area contributed by atoms with Crippen LogP contribution in [-0.2, 0) is 12.3 Å². The zero-order valence-corrected chi connectivity index (χ0v) is 20.4. The van der Waals surface area contributed by atoms with Gasteiger partial charge in [0.25, 0.3) is 5.91 Å². The summed E-state index contributed by atoms with van der Waals surface area (Å²) in [5.74, 6) is 3.30. The molecule has 0 spiro atoms. The Labute approximate surface area is 204 Å². The zero-order valence-electron chi connectivity index (χ0n) is 19.6. The summed E-state index contributed by atoms with van der Waals surface area (Å²) in [6.45, 7) is 9.02. The van der Waals surface area contributed by atoms with Crippen LogP contribution in [0, 0.1) is 13.8 Å². The second-order valence-corrected chi connectivity index (χ2v) is 9.65. The number of carbonyl (C=O) groups excluding carboxylic acids is 1. The molecule has 34 heavy (non-hydrogen) atoms. The minimum Gasteiger partial charge on any atom is -0.486 e. The van der Waals surface area contributed by atoms with Crippen molar-refractivity contribution in [3.8, 4) is 11.5 Å². The number of nitrogens with zero attached hydrogens (tertiary/aromatic N) is 3. The van der Waals surface area contributed by atoms with Gasteiger partial charge >= 0.3 is 0 Å². The van der Waals surface area contributed by atoms with Gasteiger partial charge in [-0.05, 0) is 43.7 Å². The van der Waals surface area contributed by atoms with E-state index in [1.165, 1.54) is 5.56 Å². The van der Waals surface area contributed by atoms with Crippen LogP contribution in [0.25, 0.3) is 0 Å². The number of carbonyl (C=O) groups is 1. The third-order valence-corrected chi connectivity index (χ3v) is 7.44. The lowest BCUT2D eigenvalue weighted by atomic mass is 10.1. The van der Waals surface area contributed by atoms with Crippen molar-refractivity contribution < 1.29 is 18.8 Å². The summed E-state index contributed by atoms with van der Waals surface area (Å²) in [4.78, 5) is 18.7. The fraction of sp³-hybridized carbons (Fsp3) is 0.385. The maximum absolute atomic E-state index is 13.4. The Hall–Kier alpha value is -2.97. The van der Waals surface area contributed by atoms with Crippen molar-refractivity contribution in [3.05, 3.63) is 70.6 Å². The summed E-state index contributed by atoms with van der Waals surface area (Å²) in [5.41, 5.74) is 3.97. The molecule has 7 nitrogen and oxygen atoms in total. The molecule has 178 valence electrons. The van der Waals surface area contributed by atoms with Crippen LogP contribution >= 0.6 is 11.8 Å². The maximum Gasteiger partial charge on any atom is 0.255 e. The smallest absolute Gasteiger partial charge is 0.255 e. The van der Waals surface area contributed by atoms with Crippen LogP contribution in [0.4, 0.5) is 0 Å². The van der Waals surface area contributed by atoms with Crippen molar-refractivity contribution in [2.45, 2.75) is 31.0 Å². The number of benzene rings is 2. The maximum atomic E-state index is 13.4. The first-order valence-electron chi connectivity index (χ1n) is 11.6. The number of rotatable bonds is 6. The van der Waals surface area contributed by atoms with Gasteiger partial charge < -0.3 is 18.9 Å². The molecule has 0 saturated carbocycles. The highest BCUT2D eigenvalue weighted by atomic mass is 32.2. The Morgan fingerprint density at radius 3 is 2.53 bits per heavy atom. The van der Waals surface area contributed by atoms with Crippen molar-refractivity contribution in [3.63, 3.8) is 0 Å². The van der Waals surface area contributed by atoms with E-state index >= 15 is 0 Å². The highest BCUT2D eigenvalue weighted by Crippen LogP contribution is 2.32. The lowest BCUT2D eigenvalue weighted by molar-refractivity contribution is 0.0625. The standard InChI is InChI=1S/C26H29N3O4S/c1-18-22(19(2)33-27-18)17-34-25-6-4-3-5-21(25)26(30)29-11-9-28(10-12-29)16-20-7-8-23-24(15-20)32-14-13-31-23/h3-8,15H,9-14,16-17H2,1-2H3. The molecule has 1 saturated heterocycles. The van der Waals surface area contributed by atoms with E-state index in [0.717, 1.165) is 64.4 Å². The lowest BCUT2D eigenvalue weighted by Gasteiger charge is -2.35. The Morgan fingerprint density at radius 2 is 1.76 bits per heavy atom. The number of piperazine rings is 1. The van der Waals surface area contributed by atoms with Crippen molar-refractivity contribution in [2.75, 3.05) is 39.4 Å². The van der Waals surface area contributed by atoms with Gasteiger partial charge in [0, 0.05) is 48.9 Å². The largest absolute Gasteiger partial charge is 0.486 e. The SMILES string of the molecule is Cc1noc(C)c1CSc1ccccc1C(=O)N1CCN(Cc2ccc3c(c2)OCCO3)CC1. The van der Waals surface area contributed by atoms with E-state index in [0.29, 0.717) is 26.3 Å². The summed E-state index contributed by atoms with van der Waals surface area (Å²) in [6, 6.07) is 14.0. The summed E-state index contributed by atoms with van der Waals surface area (Å²) in [5, 5.41) is 4.04. The highest BCUT2D eigenvalue weighted by Gasteiger charge is 2.24. The number of fused-ring (bicyclic) bond motifs is 1. The number of aryl methyl sites for hydroxylation is 2. The van der Waals surface area contributed by atoms with Crippen LogP contribution < -0.4 is 9.47 Å². The van der Waals surface area contributed by atoms with Crippen LogP contribution in [-0.4, -0.2) is 60.3 Å². The number of ether oxygens (including phenoxy) is 2. The third-order valence-electron chi connectivity index (χ3n) is 6.34. The molecule has 2 aliphatic heterocycles. The first kappa shape index (κ1) is 22.8. The van der Waals surface area contributed by atoms with Gasteiger partial charge in [0.15, 0.2) is 11.5 Å². The van der Waals surface area contributed by atoms with Gasteiger partial charge in [-0.2, -0.15) is 0 Å². The van der Waals surface area contributed by atoms with E-state index < -0.39 is 0 Å². The van der Waals surface area contributed by atoms with E-state index in [2.05, 4.69) is 22.2 Å². The highest BCUT2D eigenvalue weighted by molar-refractivity contribution is 7.98. The van der Waals surface area contributed by atoms with Gasteiger partial charge in [0.05, 0.1) is 11.3 Å². The molecule has 1 aromatic heterocycles. The minimum absolute atomic E-state index is 0.0980. The fourth-order valence-electron chi connectivity index (χ4n) is 4.35. The van der Waals surface area contributed by atoms with Crippen molar-refractivity contribution in [2.24, 2.45) is 0 Å². The van der Waals surface area contributed by atoms with Gasteiger partial charge in [-0.25, -0.2) is 0 Å². The average Bonchev–Trinajstić information content (AvgIpc) is 3.19. The molecule has 1 fully saturated rings.